The number of halogens is 6. The van der Waals surface area contributed by atoms with Crippen molar-refractivity contribution in [1.29, 1.82) is 0 Å². The Bertz CT molecular complexity index is 290. The number of carbonyl (C=O) groups is 1. The molecular weight excluding hydrogens is 230 g/mol. The van der Waals surface area contributed by atoms with Gasteiger partial charge in [0.05, 0.1) is 0 Å². The molecule has 0 spiro atoms. The number of carboxylic acid groups (broad SMARTS) is 1. The van der Waals surface area contributed by atoms with E-state index < -0.39 is 36.2 Å². The van der Waals surface area contributed by atoms with Crippen LogP contribution in [0.25, 0.3) is 0 Å². The molecule has 0 aliphatic rings. The van der Waals surface area contributed by atoms with Gasteiger partial charge in [0, 0.05) is 6.92 Å². The van der Waals surface area contributed by atoms with E-state index >= 15 is 0 Å². The Kier molecular flexibility index (Phi) is 3.15. The minimum atomic E-state index is -5.81. The van der Waals surface area contributed by atoms with Gasteiger partial charge in [-0.3, -0.25) is 0 Å². The maximum absolute atomic E-state index is 12.6. The highest BCUT2D eigenvalue weighted by Crippen LogP contribution is 2.48. The zero-order valence-corrected chi connectivity index (χ0v) is 7.33. The van der Waals surface area contributed by atoms with E-state index in [2.05, 4.69) is 6.58 Å². The summed E-state index contributed by atoms with van der Waals surface area (Å²) in [6.45, 7) is 1.71. The topological polar surface area (TPSA) is 37.3 Å². The van der Waals surface area contributed by atoms with Crippen LogP contribution in [0.15, 0.2) is 12.2 Å². The number of alkyl halides is 6. The summed E-state index contributed by atoms with van der Waals surface area (Å²) in [6.07, 6.45) is 0. The van der Waals surface area contributed by atoms with Crippen molar-refractivity contribution in [3.63, 3.8) is 0 Å². The summed E-state index contributed by atoms with van der Waals surface area (Å²) in [7, 11) is 0. The summed E-state index contributed by atoms with van der Waals surface area (Å²) in [5.74, 6) is -18.9. The van der Waals surface area contributed by atoms with E-state index in [0.717, 1.165) is 0 Å². The summed E-state index contributed by atoms with van der Waals surface area (Å²) in [6, 6.07) is 0. The molecule has 0 bridgehead atoms. The van der Waals surface area contributed by atoms with Gasteiger partial charge < -0.3 is 5.11 Å². The molecule has 8 heteroatoms. The second kappa shape index (κ2) is 3.42. The van der Waals surface area contributed by atoms with E-state index in [0.29, 0.717) is 0 Å². The van der Waals surface area contributed by atoms with Crippen molar-refractivity contribution in [3.8, 4) is 0 Å². The zero-order valence-electron chi connectivity index (χ0n) is 7.33. The molecule has 0 fully saturated rings. The monoisotopic (exact) mass is 236 g/mol. The van der Waals surface area contributed by atoms with Crippen LogP contribution >= 0.6 is 0 Å². The first-order valence-corrected chi connectivity index (χ1v) is 3.42. The highest BCUT2D eigenvalue weighted by Gasteiger charge is 2.71. The second-order valence-electron chi connectivity index (χ2n) is 2.82. The zero-order chi connectivity index (χ0) is 12.7. The number of carboxylic acids is 1. The molecule has 0 aromatic carbocycles. The lowest BCUT2D eigenvalue weighted by atomic mass is 9.99. The Morgan fingerprint density at radius 2 is 1.47 bits per heavy atom. The predicted molar refractivity (Wildman–Crippen MR) is 37.3 cm³/mol. The molecular formula is C7H6F6O2. The molecule has 0 aliphatic carbocycles. The third-order valence-corrected chi connectivity index (χ3v) is 1.58. The van der Waals surface area contributed by atoms with Crippen LogP contribution in [0.5, 0.6) is 0 Å². The molecule has 0 heterocycles. The van der Waals surface area contributed by atoms with Crippen LogP contribution in [0.2, 0.25) is 0 Å². The summed E-state index contributed by atoms with van der Waals surface area (Å²) < 4.78 is 74.6. The fraction of sp³-hybridized carbons (Fsp3) is 0.571. The van der Waals surface area contributed by atoms with Gasteiger partial charge in [-0.25, -0.2) is 4.79 Å². The molecule has 0 amide bonds. The fourth-order valence-electron chi connectivity index (χ4n) is 0.599. The maximum Gasteiger partial charge on any atom is 0.376 e. The Morgan fingerprint density at radius 3 is 1.67 bits per heavy atom. The predicted octanol–water partition coefficient (Wildman–Crippen LogP) is 2.55. The SMILES string of the molecule is C=C(C(=O)O)C(F)(F)C(F)(F)C(C)(F)F. The van der Waals surface area contributed by atoms with E-state index in [1.165, 1.54) is 0 Å². The molecule has 0 saturated carbocycles. The highest BCUT2D eigenvalue weighted by atomic mass is 19.3. The van der Waals surface area contributed by atoms with Crippen LogP contribution in [-0.4, -0.2) is 28.8 Å². The third kappa shape index (κ3) is 2.07. The standard InChI is InChI=1S/C7H6F6O2/c1-3(4(14)15)6(10,11)7(12,13)5(2,8)9/h1H2,2H3,(H,14,15). The first-order chi connectivity index (χ1) is 6.35. The van der Waals surface area contributed by atoms with Crippen LogP contribution in [0.1, 0.15) is 6.92 Å². The van der Waals surface area contributed by atoms with Gasteiger partial charge in [-0.2, -0.15) is 26.3 Å². The van der Waals surface area contributed by atoms with E-state index in [1.807, 2.05) is 0 Å². The first-order valence-electron chi connectivity index (χ1n) is 3.42. The quantitative estimate of drug-likeness (QED) is 0.601. The normalized spacial score (nSPS) is 13.8. The number of hydrogen-bond donors (Lipinski definition) is 1. The maximum atomic E-state index is 12.6. The summed E-state index contributed by atoms with van der Waals surface area (Å²) in [5.41, 5.74) is -2.28. The Labute approximate surface area is 80.2 Å². The van der Waals surface area contributed by atoms with Crippen molar-refractivity contribution in [2.45, 2.75) is 24.7 Å². The smallest absolute Gasteiger partial charge is 0.376 e. The van der Waals surface area contributed by atoms with Crippen LogP contribution in [0.3, 0.4) is 0 Å². The lowest BCUT2D eigenvalue weighted by Gasteiger charge is -2.30. The van der Waals surface area contributed by atoms with Crippen LogP contribution in [-0.2, 0) is 4.79 Å². The van der Waals surface area contributed by atoms with E-state index in [1.54, 1.807) is 0 Å². The van der Waals surface area contributed by atoms with Gasteiger partial charge in [0.1, 0.15) is 5.57 Å². The Morgan fingerprint density at radius 1 is 1.13 bits per heavy atom. The molecule has 88 valence electrons. The van der Waals surface area contributed by atoms with Gasteiger partial charge in [0.15, 0.2) is 0 Å². The minimum absolute atomic E-state index is 0.434. The van der Waals surface area contributed by atoms with E-state index in [4.69, 9.17) is 5.11 Å². The van der Waals surface area contributed by atoms with Crippen molar-refractivity contribution >= 4 is 5.97 Å². The molecule has 1 N–H and O–H groups in total. The van der Waals surface area contributed by atoms with E-state index in [9.17, 15) is 31.1 Å². The number of rotatable bonds is 4. The Hall–Kier alpha value is -1.21. The molecule has 0 aliphatic heterocycles. The fourth-order valence-corrected chi connectivity index (χ4v) is 0.599. The molecule has 0 aromatic heterocycles. The molecule has 0 aromatic rings. The molecule has 0 radical (unpaired) electrons. The molecule has 0 saturated heterocycles. The minimum Gasteiger partial charge on any atom is -0.478 e. The second-order valence-corrected chi connectivity index (χ2v) is 2.82. The van der Waals surface area contributed by atoms with Gasteiger partial charge in [0.2, 0.25) is 0 Å². The van der Waals surface area contributed by atoms with Crippen LogP contribution in [0, 0.1) is 0 Å². The van der Waals surface area contributed by atoms with Crippen LogP contribution in [0.4, 0.5) is 26.3 Å². The van der Waals surface area contributed by atoms with Gasteiger partial charge >= 0.3 is 23.7 Å². The molecule has 0 unspecified atom stereocenters. The van der Waals surface area contributed by atoms with Gasteiger partial charge in [0.25, 0.3) is 0 Å². The average Bonchev–Trinajstić information content (AvgIpc) is 2.00. The lowest BCUT2D eigenvalue weighted by molar-refractivity contribution is -0.288. The molecule has 0 rings (SSSR count). The van der Waals surface area contributed by atoms with Crippen molar-refractivity contribution in [3.05, 3.63) is 12.2 Å². The van der Waals surface area contributed by atoms with Crippen molar-refractivity contribution in [1.82, 2.24) is 0 Å². The summed E-state index contributed by atoms with van der Waals surface area (Å²) in [5, 5.41) is 7.99. The number of aliphatic carboxylic acids is 1. The van der Waals surface area contributed by atoms with Gasteiger partial charge in [-0.1, -0.05) is 6.58 Å². The number of hydrogen-bond acceptors (Lipinski definition) is 1. The van der Waals surface area contributed by atoms with Crippen LogP contribution < -0.4 is 0 Å². The Balaban J connectivity index is 5.38. The van der Waals surface area contributed by atoms with Gasteiger partial charge in [-0.15, -0.1) is 0 Å². The molecule has 15 heavy (non-hydrogen) atoms. The van der Waals surface area contributed by atoms with E-state index in [-0.39, 0.29) is 0 Å². The summed E-state index contributed by atoms with van der Waals surface area (Å²) >= 11 is 0. The largest absolute Gasteiger partial charge is 0.478 e. The summed E-state index contributed by atoms with van der Waals surface area (Å²) in [4.78, 5) is 9.96. The average molecular weight is 236 g/mol. The highest BCUT2D eigenvalue weighted by molar-refractivity contribution is 5.88. The third-order valence-electron chi connectivity index (χ3n) is 1.58. The van der Waals surface area contributed by atoms with Crippen molar-refractivity contribution in [2.24, 2.45) is 0 Å². The molecule has 2 nitrogen and oxygen atoms in total. The lowest BCUT2D eigenvalue weighted by Crippen LogP contribution is -2.54. The van der Waals surface area contributed by atoms with Crippen molar-refractivity contribution in [2.75, 3.05) is 0 Å². The van der Waals surface area contributed by atoms with Crippen molar-refractivity contribution < 1.29 is 36.2 Å². The molecule has 0 atom stereocenters. The first kappa shape index (κ1) is 13.8. The van der Waals surface area contributed by atoms with Gasteiger partial charge in [-0.05, 0) is 0 Å².